The highest BCUT2D eigenvalue weighted by molar-refractivity contribution is 7.10. The predicted octanol–water partition coefficient (Wildman–Crippen LogP) is 3.33. The SMILES string of the molecule is Cc1ccsc1CN(C)Cc1nc(-c2ccco2)no1. The average molecular weight is 289 g/mol. The van der Waals surface area contributed by atoms with Gasteiger partial charge in [-0.2, -0.15) is 4.98 Å². The van der Waals surface area contributed by atoms with Crippen LogP contribution in [-0.4, -0.2) is 22.1 Å². The summed E-state index contributed by atoms with van der Waals surface area (Å²) >= 11 is 1.77. The van der Waals surface area contributed by atoms with Crippen LogP contribution in [0.25, 0.3) is 11.6 Å². The fraction of sp³-hybridized carbons (Fsp3) is 0.286. The molecule has 3 heterocycles. The minimum absolute atomic E-state index is 0.491. The zero-order valence-electron chi connectivity index (χ0n) is 11.4. The highest BCUT2D eigenvalue weighted by atomic mass is 32.1. The highest BCUT2D eigenvalue weighted by Gasteiger charge is 2.13. The molecule has 104 valence electrons. The van der Waals surface area contributed by atoms with Crippen LogP contribution in [0.5, 0.6) is 0 Å². The Morgan fingerprint density at radius 1 is 1.30 bits per heavy atom. The quantitative estimate of drug-likeness (QED) is 0.721. The fourth-order valence-corrected chi connectivity index (χ4v) is 2.91. The molecule has 6 heteroatoms. The second-order valence-corrected chi connectivity index (χ2v) is 5.69. The van der Waals surface area contributed by atoms with E-state index in [1.54, 1.807) is 23.7 Å². The zero-order valence-corrected chi connectivity index (χ0v) is 12.2. The molecule has 0 unspecified atom stereocenters. The van der Waals surface area contributed by atoms with E-state index in [1.165, 1.54) is 10.4 Å². The number of furan rings is 1. The maximum absolute atomic E-state index is 5.25. The lowest BCUT2D eigenvalue weighted by Gasteiger charge is -2.13. The molecule has 5 nitrogen and oxygen atoms in total. The molecule has 3 rings (SSSR count). The summed E-state index contributed by atoms with van der Waals surface area (Å²) in [4.78, 5) is 7.85. The van der Waals surface area contributed by atoms with Crippen LogP contribution in [0.2, 0.25) is 0 Å². The maximum atomic E-state index is 5.25. The summed E-state index contributed by atoms with van der Waals surface area (Å²) in [6.45, 7) is 3.62. The van der Waals surface area contributed by atoms with Gasteiger partial charge in [0.2, 0.25) is 11.7 Å². The normalized spacial score (nSPS) is 11.3. The van der Waals surface area contributed by atoms with Crippen molar-refractivity contribution in [1.82, 2.24) is 15.0 Å². The van der Waals surface area contributed by atoms with Gasteiger partial charge in [0, 0.05) is 11.4 Å². The van der Waals surface area contributed by atoms with Crippen molar-refractivity contribution in [2.24, 2.45) is 0 Å². The first-order valence-electron chi connectivity index (χ1n) is 6.30. The summed E-state index contributed by atoms with van der Waals surface area (Å²) in [7, 11) is 2.04. The largest absolute Gasteiger partial charge is 0.461 e. The Kier molecular flexibility index (Phi) is 3.66. The van der Waals surface area contributed by atoms with Gasteiger partial charge in [-0.1, -0.05) is 5.16 Å². The molecular formula is C14H15N3O2S. The van der Waals surface area contributed by atoms with Crippen LogP contribution in [0.3, 0.4) is 0 Å². The molecule has 0 N–H and O–H groups in total. The Balaban J connectivity index is 1.65. The van der Waals surface area contributed by atoms with Crippen LogP contribution >= 0.6 is 11.3 Å². The molecule has 3 aromatic heterocycles. The number of hydrogen-bond acceptors (Lipinski definition) is 6. The number of thiophene rings is 1. The minimum atomic E-state index is 0.491. The Bertz CT molecular complexity index is 672. The summed E-state index contributed by atoms with van der Waals surface area (Å²) in [6.07, 6.45) is 1.59. The Morgan fingerprint density at radius 3 is 2.90 bits per heavy atom. The molecule has 0 aliphatic rings. The molecule has 0 bridgehead atoms. The lowest BCUT2D eigenvalue weighted by molar-refractivity contribution is 0.262. The average Bonchev–Trinajstić information content (AvgIpc) is 3.12. The molecule has 20 heavy (non-hydrogen) atoms. The lowest BCUT2D eigenvalue weighted by Crippen LogP contribution is -2.17. The third-order valence-corrected chi connectivity index (χ3v) is 4.00. The summed E-state index contributed by atoms with van der Waals surface area (Å²) < 4.78 is 10.5. The van der Waals surface area contributed by atoms with Crippen LogP contribution in [0.15, 0.2) is 38.8 Å². The van der Waals surface area contributed by atoms with Crippen molar-refractivity contribution in [3.8, 4) is 11.6 Å². The van der Waals surface area contributed by atoms with Crippen LogP contribution in [-0.2, 0) is 13.1 Å². The van der Waals surface area contributed by atoms with Gasteiger partial charge >= 0.3 is 0 Å². The minimum Gasteiger partial charge on any atom is -0.461 e. The lowest BCUT2D eigenvalue weighted by atomic mass is 10.3. The van der Waals surface area contributed by atoms with E-state index in [9.17, 15) is 0 Å². The van der Waals surface area contributed by atoms with Gasteiger partial charge in [-0.15, -0.1) is 11.3 Å². The molecule has 0 amide bonds. The van der Waals surface area contributed by atoms with Gasteiger partial charge in [0.25, 0.3) is 0 Å². The first kappa shape index (κ1) is 13.1. The van der Waals surface area contributed by atoms with Crippen LogP contribution in [0, 0.1) is 6.92 Å². The topological polar surface area (TPSA) is 55.3 Å². The molecule has 0 atom stereocenters. The van der Waals surface area contributed by atoms with Crippen LogP contribution in [0.4, 0.5) is 0 Å². The van der Waals surface area contributed by atoms with Crippen molar-refractivity contribution in [1.29, 1.82) is 0 Å². The van der Waals surface area contributed by atoms with E-state index in [4.69, 9.17) is 8.94 Å². The monoisotopic (exact) mass is 289 g/mol. The standard InChI is InChI=1S/C14H15N3O2S/c1-10-5-7-20-12(10)8-17(2)9-13-15-14(16-19-13)11-4-3-6-18-11/h3-7H,8-9H2,1-2H3. The van der Waals surface area contributed by atoms with Gasteiger partial charge in [0.15, 0.2) is 5.76 Å². The molecule has 0 aromatic carbocycles. The summed E-state index contributed by atoms with van der Waals surface area (Å²) in [5, 5.41) is 6.03. The fourth-order valence-electron chi connectivity index (χ4n) is 1.92. The summed E-state index contributed by atoms with van der Waals surface area (Å²) in [5.41, 5.74) is 1.32. The molecule has 0 fully saturated rings. The molecule has 0 saturated heterocycles. The first-order valence-corrected chi connectivity index (χ1v) is 7.18. The number of nitrogens with zero attached hydrogens (tertiary/aromatic N) is 3. The first-order chi connectivity index (χ1) is 9.72. The van der Waals surface area contributed by atoms with Gasteiger partial charge in [-0.3, -0.25) is 4.90 Å². The Hall–Kier alpha value is -1.92. The smallest absolute Gasteiger partial charge is 0.241 e. The second kappa shape index (κ2) is 5.60. The molecular weight excluding hydrogens is 274 g/mol. The van der Waals surface area contributed by atoms with Crippen molar-refractivity contribution in [3.63, 3.8) is 0 Å². The van der Waals surface area contributed by atoms with E-state index >= 15 is 0 Å². The van der Waals surface area contributed by atoms with Crippen molar-refractivity contribution < 1.29 is 8.94 Å². The zero-order chi connectivity index (χ0) is 13.9. The van der Waals surface area contributed by atoms with E-state index in [0.717, 1.165) is 6.54 Å². The number of aromatic nitrogens is 2. The van der Waals surface area contributed by atoms with E-state index in [2.05, 4.69) is 33.4 Å². The van der Waals surface area contributed by atoms with E-state index in [1.807, 2.05) is 13.1 Å². The summed E-state index contributed by atoms with van der Waals surface area (Å²) in [5.74, 6) is 1.70. The van der Waals surface area contributed by atoms with E-state index in [0.29, 0.717) is 24.0 Å². The molecule has 0 radical (unpaired) electrons. The van der Waals surface area contributed by atoms with Crippen molar-refractivity contribution in [2.75, 3.05) is 7.05 Å². The molecule has 3 aromatic rings. The molecule has 0 spiro atoms. The van der Waals surface area contributed by atoms with Gasteiger partial charge in [0.1, 0.15) is 0 Å². The highest BCUT2D eigenvalue weighted by Crippen LogP contribution is 2.19. The van der Waals surface area contributed by atoms with Gasteiger partial charge in [-0.05, 0) is 43.1 Å². The Labute approximate surface area is 120 Å². The van der Waals surface area contributed by atoms with Gasteiger partial charge < -0.3 is 8.94 Å². The second-order valence-electron chi connectivity index (χ2n) is 4.69. The number of rotatable bonds is 5. The maximum Gasteiger partial charge on any atom is 0.241 e. The Morgan fingerprint density at radius 2 is 2.20 bits per heavy atom. The number of aryl methyl sites for hydroxylation is 1. The molecule has 0 aliphatic heterocycles. The van der Waals surface area contributed by atoms with Crippen molar-refractivity contribution >= 4 is 11.3 Å². The van der Waals surface area contributed by atoms with E-state index in [-0.39, 0.29) is 0 Å². The summed E-state index contributed by atoms with van der Waals surface area (Å²) in [6, 6.07) is 5.75. The van der Waals surface area contributed by atoms with Crippen molar-refractivity contribution in [2.45, 2.75) is 20.0 Å². The van der Waals surface area contributed by atoms with Gasteiger partial charge in [-0.25, -0.2) is 0 Å². The van der Waals surface area contributed by atoms with Crippen molar-refractivity contribution in [3.05, 3.63) is 46.2 Å². The third-order valence-electron chi connectivity index (χ3n) is 3.00. The predicted molar refractivity (Wildman–Crippen MR) is 76.2 cm³/mol. The van der Waals surface area contributed by atoms with Crippen LogP contribution in [0.1, 0.15) is 16.3 Å². The van der Waals surface area contributed by atoms with E-state index < -0.39 is 0 Å². The number of hydrogen-bond donors (Lipinski definition) is 0. The third kappa shape index (κ3) is 2.81. The van der Waals surface area contributed by atoms with Crippen LogP contribution < -0.4 is 0 Å². The molecule has 0 saturated carbocycles. The molecule has 0 aliphatic carbocycles. The van der Waals surface area contributed by atoms with Gasteiger partial charge in [0.05, 0.1) is 12.8 Å².